The lowest BCUT2D eigenvalue weighted by Crippen LogP contribution is -2.26. The van der Waals surface area contributed by atoms with Crippen LogP contribution in [0.15, 0.2) is 42.6 Å². The van der Waals surface area contributed by atoms with Crippen molar-refractivity contribution >= 4 is 11.9 Å². The molecule has 0 saturated carbocycles. The van der Waals surface area contributed by atoms with E-state index in [2.05, 4.69) is 34.8 Å². The van der Waals surface area contributed by atoms with Crippen LogP contribution in [0.2, 0.25) is 0 Å². The van der Waals surface area contributed by atoms with E-state index < -0.39 is 5.97 Å². The van der Waals surface area contributed by atoms with Crippen molar-refractivity contribution in [3.05, 3.63) is 70.5 Å². The molecular formula is C28H33N3O5. The Bertz CT molecular complexity index is 1240. The summed E-state index contributed by atoms with van der Waals surface area (Å²) in [6, 6.07) is 11.9. The Morgan fingerprint density at radius 3 is 2.64 bits per heavy atom. The van der Waals surface area contributed by atoms with Gasteiger partial charge in [-0.2, -0.15) is 0 Å². The highest BCUT2D eigenvalue weighted by molar-refractivity contribution is 5.88. The number of ether oxygens (including phenoxy) is 3. The third kappa shape index (κ3) is 5.22. The van der Waals surface area contributed by atoms with Crippen molar-refractivity contribution < 1.29 is 24.1 Å². The number of benzene rings is 2. The van der Waals surface area contributed by atoms with Crippen LogP contribution in [0.5, 0.6) is 17.2 Å². The number of methoxy groups -OCH3 is 2. The number of carboxylic acid groups (broad SMARTS) is 1. The van der Waals surface area contributed by atoms with Crippen LogP contribution < -0.4 is 19.1 Å². The van der Waals surface area contributed by atoms with Crippen LogP contribution in [0.25, 0.3) is 0 Å². The highest BCUT2D eigenvalue weighted by Crippen LogP contribution is 2.40. The summed E-state index contributed by atoms with van der Waals surface area (Å²) in [5.74, 6) is 1.93. The largest absolute Gasteiger partial charge is 0.497 e. The second-order valence-electron chi connectivity index (χ2n) is 9.26. The fraction of sp³-hybridized carbons (Fsp3) is 0.393. The van der Waals surface area contributed by atoms with Gasteiger partial charge in [0.25, 0.3) is 0 Å². The predicted octanol–water partition coefficient (Wildman–Crippen LogP) is 5.54. The van der Waals surface area contributed by atoms with Gasteiger partial charge in [0.1, 0.15) is 29.4 Å². The molecule has 0 radical (unpaired) electrons. The zero-order chi connectivity index (χ0) is 25.8. The number of aromatic nitrogens is 2. The van der Waals surface area contributed by atoms with Gasteiger partial charge in [0, 0.05) is 24.4 Å². The van der Waals surface area contributed by atoms with Gasteiger partial charge in [-0.15, -0.1) is 0 Å². The Morgan fingerprint density at radius 1 is 1.14 bits per heavy atom. The number of aromatic carboxylic acids is 1. The highest BCUT2D eigenvalue weighted by Gasteiger charge is 2.31. The topological polar surface area (TPSA) is 94.0 Å². The molecule has 1 N–H and O–H groups in total. The van der Waals surface area contributed by atoms with E-state index in [1.54, 1.807) is 14.2 Å². The van der Waals surface area contributed by atoms with Crippen LogP contribution in [0.4, 0.5) is 5.95 Å². The maximum Gasteiger partial charge on any atom is 0.339 e. The van der Waals surface area contributed by atoms with E-state index in [9.17, 15) is 9.90 Å². The van der Waals surface area contributed by atoms with Crippen molar-refractivity contribution in [1.82, 2.24) is 9.97 Å². The number of carbonyl (C=O) groups is 1. The van der Waals surface area contributed by atoms with Crippen molar-refractivity contribution in [2.75, 3.05) is 25.7 Å². The summed E-state index contributed by atoms with van der Waals surface area (Å²) in [6.07, 6.45) is 3.23. The molecule has 2 heterocycles. The molecule has 1 aliphatic rings. The first-order valence-corrected chi connectivity index (χ1v) is 12.1. The van der Waals surface area contributed by atoms with Crippen LogP contribution in [-0.2, 0) is 6.61 Å². The minimum atomic E-state index is -1.08. The van der Waals surface area contributed by atoms with Crippen LogP contribution in [0.3, 0.4) is 0 Å². The lowest BCUT2D eigenvalue weighted by molar-refractivity contribution is 0.0692. The maximum atomic E-state index is 11.9. The summed E-state index contributed by atoms with van der Waals surface area (Å²) in [7, 11) is 3.26. The molecular weight excluding hydrogens is 458 g/mol. The molecule has 0 aliphatic carbocycles. The molecule has 1 fully saturated rings. The molecule has 8 nitrogen and oxygen atoms in total. The standard InChI is InChI=1S/C28H33N3O5/c1-17(2)19-9-8-18(3)25(13-19)36-16-23-22(27(32)33)15-29-28(30-23)31-12-6-7-24(31)21-11-10-20(34-4)14-26(21)35-5/h8-11,13-15,17,24H,6-7,12,16H2,1-5H3,(H,32,33)/t24-/m0/s1. The SMILES string of the molecule is COc1ccc([C@@H]2CCCN2c2ncc(C(=O)O)c(COc3cc(C(C)C)ccc3C)n2)c(OC)c1. The maximum absolute atomic E-state index is 11.9. The lowest BCUT2D eigenvalue weighted by Gasteiger charge is -2.27. The molecule has 1 saturated heterocycles. The summed E-state index contributed by atoms with van der Waals surface area (Å²) >= 11 is 0. The predicted molar refractivity (Wildman–Crippen MR) is 137 cm³/mol. The number of aryl methyl sites for hydroxylation is 1. The molecule has 0 unspecified atom stereocenters. The zero-order valence-corrected chi connectivity index (χ0v) is 21.4. The molecule has 0 bridgehead atoms. The van der Waals surface area contributed by atoms with Gasteiger partial charge < -0.3 is 24.2 Å². The van der Waals surface area contributed by atoms with Crippen molar-refractivity contribution in [3.8, 4) is 17.2 Å². The summed E-state index contributed by atoms with van der Waals surface area (Å²) < 4.78 is 17.1. The number of rotatable bonds is 9. The first-order valence-electron chi connectivity index (χ1n) is 12.1. The molecule has 2 aromatic carbocycles. The zero-order valence-electron chi connectivity index (χ0n) is 21.4. The van der Waals surface area contributed by atoms with Gasteiger partial charge in [0.05, 0.1) is 26.0 Å². The number of hydrogen-bond donors (Lipinski definition) is 1. The Balaban J connectivity index is 1.64. The third-order valence-corrected chi connectivity index (χ3v) is 6.64. The minimum Gasteiger partial charge on any atom is -0.497 e. The minimum absolute atomic E-state index is 0.000250. The van der Waals surface area contributed by atoms with Crippen LogP contribution in [-0.4, -0.2) is 41.8 Å². The van der Waals surface area contributed by atoms with Crippen LogP contribution in [0, 0.1) is 6.92 Å². The van der Waals surface area contributed by atoms with Crippen molar-refractivity contribution in [2.45, 2.75) is 52.2 Å². The molecule has 1 aromatic heterocycles. The van der Waals surface area contributed by atoms with Gasteiger partial charge in [-0.05, 0) is 55.0 Å². The average molecular weight is 492 g/mol. The first kappa shape index (κ1) is 25.3. The second-order valence-corrected chi connectivity index (χ2v) is 9.26. The van der Waals surface area contributed by atoms with Gasteiger partial charge in [-0.3, -0.25) is 0 Å². The summed E-state index contributed by atoms with van der Waals surface area (Å²) in [5.41, 5.74) is 3.53. The summed E-state index contributed by atoms with van der Waals surface area (Å²) in [5, 5.41) is 9.76. The van der Waals surface area contributed by atoms with Crippen molar-refractivity contribution in [2.24, 2.45) is 0 Å². The quantitative estimate of drug-likeness (QED) is 0.417. The Morgan fingerprint density at radius 2 is 1.94 bits per heavy atom. The van der Waals surface area contributed by atoms with Crippen molar-refractivity contribution in [1.29, 1.82) is 0 Å². The number of anilines is 1. The lowest BCUT2D eigenvalue weighted by atomic mass is 10.0. The fourth-order valence-corrected chi connectivity index (χ4v) is 4.53. The van der Waals surface area contributed by atoms with E-state index in [4.69, 9.17) is 14.2 Å². The summed E-state index contributed by atoms with van der Waals surface area (Å²) in [6.45, 7) is 7.00. The summed E-state index contributed by atoms with van der Waals surface area (Å²) in [4.78, 5) is 23.1. The van der Waals surface area contributed by atoms with E-state index >= 15 is 0 Å². The highest BCUT2D eigenvalue weighted by atomic mass is 16.5. The van der Waals surface area contributed by atoms with E-state index in [1.165, 1.54) is 6.20 Å². The molecule has 0 spiro atoms. The van der Waals surface area contributed by atoms with Crippen LogP contribution >= 0.6 is 0 Å². The van der Waals surface area contributed by atoms with Gasteiger partial charge >= 0.3 is 5.97 Å². The van der Waals surface area contributed by atoms with E-state index in [1.807, 2.05) is 37.3 Å². The molecule has 4 rings (SSSR count). The Labute approximate surface area is 211 Å². The smallest absolute Gasteiger partial charge is 0.339 e. The van der Waals surface area contributed by atoms with E-state index in [0.29, 0.717) is 17.6 Å². The number of carboxylic acids is 1. The fourth-order valence-electron chi connectivity index (χ4n) is 4.53. The number of hydrogen-bond acceptors (Lipinski definition) is 7. The van der Waals surface area contributed by atoms with Crippen molar-refractivity contribution in [3.63, 3.8) is 0 Å². The Kier molecular flexibility index (Phi) is 7.62. The molecule has 8 heteroatoms. The third-order valence-electron chi connectivity index (χ3n) is 6.64. The molecule has 0 amide bonds. The van der Waals surface area contributed by atoms with Gasteiger partial charge in [-0.25, -0.2) is 14.8 Å². The molecule has 3 aromatic rings. The monoisotopic (exact) mass is 491 g/mol. The average Bonchev–Trinajstić information content (AvgIpc) is 3.37. The molecule has 190 valence electrons. The van der Waals surface area contributed by atoms with E-state index in [0.717, 1.165) is 53.3 Å². The second kappa shape index (κ2) is 10.8. The van der Waals surface area contributed by atoms with Gasteiger partial charge in [-0.1, -0.05) is 26.0 Å². The molecule has 1 atom stereocenters. The van der Waals surface area contributed by atoms with Gasteiger partial charge in [0.15, 0.2) is 0 Å². The molecule has 36 heavy (non-hydrogen) atoms. The normalized spacial score (nSPS) is 15.3. The Hall–Kier alpha value is -3.81. The number of nitrogens with zero attached hydrogens (tertiary/aromatic N) is 3. The molecule has 1 aliphatic heterocycles. The van der Waals surface area contributed by atoms with Gasteiger partial charge in [0.2, 0.25) is 5.95 Å². The van der Waals surface area contributed by atoms with Crippen LogP contribution in [0.1, 0.15) is 71.4 Å². The van der Waals surface area contributed by atoms with E-state index in [-0.39, 0.29) is 18.2 Å². The first-order chi connectivity index (χ1) is 17.3.